The topological polar surface area (TPSA) is 103 Å². The lowest BCUT2D eigenvalue weighted by Gasteiger charge is -2.20. The number of fused-ring (bicyclic) bond motifs is 3. The van der Waals surface area contributed by atoms with E-state index >= 15 is 0 Å². The van der Waals surface area contributed by atoms with Crippen LogP contribution in [0.15, 0.2) is 24.3 Å². The number of aliphatic hydroxyl groups is 1. The van der Waals surface area contributed by atoms with Crippen molar-refractivity contribution in [2.75, 3.05) is 5.73 Å². The summed E-state index contributed by atoms with van der Waals surface area (Å²) in [6.07, 6.45) is 0. The first kappa shape index (κ1) is 16.2. The number of hydrogen-bond acceptors (Lipinski definition) is 6. The maximum Gasteiger partial charge on any atom is 0.303 e. The Labute approximate surface area is 139 Å². The van der Waals surface area contributed by atoms with E-state index in [1.165, 1.54) is 6.92 Å². The number of nitrogens with two attached hydrogens (primary N) is 1. The van der Waals surface area contributed by atoms with Crippen LogP contribution < -0.4 is 5.73 Å². The van der Waals surface area contributed by atoms with Crippen LogP contribution in [0.4, 0.5) is 5.82 Å². The van der Waals surface area contributed by atoms with E-state index in [1.54, 1.807) is 13.8 Å². The number of esters is 1. The molecule has 3 N–H and O–H groups in total. The van der Waals surface area contributed by atoms with Gasteiger partial charge in [0.05, 0.1) is 23.2 Å². The van der Waals surface area contributed by atoms with Crippen molar-refractivity contribution in [3.8, 4) is 0 Å². The monoisotopic (exact) mass is 328 g/mol. The Morgan fingerprint density at radius 2 is 2.04 bits per heavy atom. The van der Waals surface area contributed by atoms with Crippen LogP contribution in [-0.2, 0) is 22.7 Å². The lowest BCUT2D eigenvalue weighted by molar-refractivity contribution is -0.142. The third kappa shape index (κ3) is 3.03. The molecular weight excluding hydrogens is 308 g/mol. The summed E-state index contributed by atoms with van der Waals surface area (Å²) in [4.78, 5) is 20.0. The maximum atomic E-state index is 11.2. The summed E-state index contributed by atoms with van der Waals surface area (Å²) < 4.78 is 6.95. The van der Waals surface area contributed by atoms with Crippen LogP contribution in [0, 0.1) is 0 Å². The highest BCUT2D eigenvalue weighted by molar-refractivity contribution is 6.06. The molecule has 0 atom stereocenters. The molecular formula is C17H20N4O3. The molecule has 24 heavy (non-hydrogen) atoms. The number of carbonyl (C=O) groups is 1. The fraction of sp³-hybridized carbons (Fsp3) is 0.353. The Morgan fingerprint density at radius 3 is 2.71 bits per heavy atom. The van der Waals surface area contributed by atoms with Crippen LogP contribution in [0.2, 0.25) is 0 Å². The lowest BCUT2D eigenvalue weighted by Crippen LogP contribution is -2.27. The number of aromatic nitrogens is 3. The fourth-order valence-corrected chi connectivity index (χ4v) is 2.74. The van der Waals surface area contributed by atoms with Gasteiger partial charge in [-0.05, 0) is 19.9 Å². The van der Waals surface area contributed by atoms with Crippen molar-refractivity contribution in [1.82, 2.24) is 14.5 Å². The van der Waals surface area contributed by atoms with Gasteiger partial charge >= 0.3 is 5.97 Å². The first-order valence-corrected chi connectivity index (χ1v) is 7.65. The van der Waals surface area contributed by atoms with Crippen LogP contribution in [0.25, 0.3) is 21.9 Å². The van der Waals surface area contributed by atoms with Gasteiger partial charge in [0, 0.05) is 12.3 Å². The highest BCUT2D eigenvalue weighted by atomic mass is 16.5. The number of imidazole rings is 1. The molecule has 7 nitrogen and oxygen atoms in total. The molecule has 2 heterocycles. The number of carbonyl (C=O) groups excluding carboxylic acids is 1. The van der Waals surface area contributed by atoms with Gasteiger partial charge in [-0.2, -0.15) is 0 Å². The van der Waals surface area contributed by atoms with Crippen molar-refractivity contribution in [1.29, 1.82) is 0 Å². The highest BCUT2D eigenvalue weighted by Crippen LogP contribution is 2.30. The molecule has 0 fully saturated rings. The summed E-state index contributed by atoms with van der Waals surface area (Å²) in [7, 11) is 0. The van der Waals surface area contributed by atoms with Crippen molar-refractivity contribution in [3.63, 3.8) is 0 Å². The van der Waals surface area contributed by atoms with Crippen molar-refractivity contribution in [3.05, 3.63) is 30.1 Å². The quantitative estimate of drug-likeness (QED) is 0.710. The van der Waals surface area contributed by atoms with Crippen LogP contribution in [0.1, 0.15) is 26.6 Å². The molecule has 0 unspecified atom stereocenters. The number of hydrogen-bond donors (Lipinski definition) is 2. The zero-order valence-electron chi connectivity index (χ0n) is 13.9. The Bertz CT molecular complexity index is 925. The van der Waals surface area contributed by atoms with Gasteiger partial charge in [-0.3, -0.25) is 4.79 Å². The number of nitrogen functional groups attached to an aromatic ring is 1. The Kier molecular flexibility index (Phi) is 3.88. The van der Waals surface area contributed by atoms with Crippen LogP contribution in [0.5, 0.6) is 0 Å². The summed E-state index contributed by atoms with van der Waals surface area (Å²) in [6, 6.07) is 7.60. The third-order valence-electron chi connectivity index (χ3n) is 3.64. The zero-order chi connectivity index (χ0) is 17.5. The Morgan fingerprint density at radius 1 is 1.33 bits per heavy atom. The number of pyridine rings is 1. The van der Waals surface area contributed by atoms with E-state index in [9.17, 15) is 9.90 Å². The molecule has 0 radical (unpaired) electrons. The van der Waals surface area contributed by atoms with Gasteiger partial charge in [0.25, 0.3) is 0 Å². The first-order chi connectivity index (χ1) is 11.3. The smallest absolute Gasteiger partial charge is 0.303 e. The number of ether oxygens (including phenoxy) is 1. The highest BCUT2D eigenvalue weighted by Gasteiger charge is 2.22. The van der Waals surface area contributed by atoms with Crippen molar-refractivity contribution in [2.45, 2.75) is 39.5 Å². The van der Waals surface area contributed by atoms with Gasteiger partial charge in [-0.1, -0.05) is 18.2 Å². The molecule has 3 aromatic rings. The Balaban J connectivity index is 2.30. The van der Waals surface area contributed by atoms with Crippen LogP contribution in [0.3, 0.4) is 0 Å². The van der Waals surface area contributed by atoms with Crippen LogP contribution >= 0.6 is 0 Å². The standard InChI is InChI=1S/C17H20N4O3/c1-10(22)24-8-13-20-14-15(21(13)9-17(2,3)23)11-6-4-5-7-12(11)19-16(14)18/h4-7,23H,8-9H2,1-3H3,(H2,18,19). The largest absolute Gasteiger partial charge is 0.458 e. The summed E-state index contributed by atoms with van der Waals surface area (Å²) in [5.41, 5.74) is 7.16. The minimum atomic E-state index is -0.974. The molecule has 0 saturated carbocycles. The van der Waals surface area contributed by atoms with E-state index in [0.717, 1.165) is 16.4 Å². The normalized spacial score (nSPS) is 12.0. The second kappa shape index (κ2) is 5.76. The summed E-state index contributed by atoms with van der Waals surface area (Å²) in [6.45, 7) is 5.05. The van der Waals surface area contributed by atoms with E-state index in [4.69, 9.17) is 10.5 Å². The molecule has 0 aliphatic heterocycles. The number of para-hydroxylation sites is 1. The zero-order valence-corrected chi connectivity index (χ0v) is 13.9. The molecule has 126 valence electrons. The summed E-state index contributed by atoms with van der Waals surface area (Å²) >= 11 is 0. The molecule has 0 spiro atoms. The predicted molar refractivity (Wildman–Crippen MR) is 91.2 cm³/mol. The van der Waals surface area contributed by atoms with Crippen molar-refractivity contribution in [2.24, 2.45) is 0 Å². The average molecular weight is 328 g/mol. The predicted octanol–water partition coefficient (Wildman–Crippen LogP) is 2.00. The minimum absolute atomic E-state index is 0.00780. The molecule has 1 aromatic carbocycles. The van der Waals surface area contributed by atoms with Gasteiger partial charge in [0.1, 0.15) is 17.9 Å². The second-order valence-corrected chi connectivity index (χ2v) is 6.42. The Hall–Kier alpha value is -2.67. The second-order valence-electron chi connectivity index (χ2n) is 6.42. The van der Waals surface area contributed by atoms with Crippen molar-refractivity contribution >= 4 is 33.7 Å². The first-order valence-electron chi connectivity index (χ1n) is 7.65. The van der Waals surface area contributed by atoms with Crippen molar-refractivity contribution < 1.29 is 14.6 Å². The maximum absolute atomic E-state index is 11.2. The third-order valence-corrected chi connectivity index (χ3v) is 3.64. The SMILES string of the molecule is CC(=O)OCc1nc2c(N)nc3ccccc3c2n1CC(C)(C)O. The number of rotatable bonds is 4. The molecule has 0 bridgehead atoms. The van der Waals surface area contributed by atoms with Crippen LogP contribution in [-0.4, -0.2) is 31.2 Å². The summed E-state index contributed by atoms with van der Waals surface area (Å²) in [5.74, 6) is 0.433. The molecule has 7 heteroatoms. The average Bonchev–Trinajstić information content (AvgIpc) is 2.83. The number of anilines is 1. The summed E-state index contributed by atoms with van der Waals surface area (Å²) in [5, 5.41) is 11.2. The molecule has 0 saturated heterocycles. The van der Waals surface area contributed by atoms with E-state index in [2.05, 4.69) is 9.97 Å². The van der Waals surface area contributed by atoms with E-state index in [-0.39, 0.29) is 13.2 Å². The van der Waals surface area contributed by atoms with E-state index in [0.29, 0.717) is 17.2 Å². The van der Waals surface area contributed by atoms with Gasteiger partial charge in [0.15, 0.2) is 5.82 Å². The minimum Gasteiger partial charge on any atom is -0.458 e. The molecule has 0 amide bonds. The van der Waals surface area contributed by atoms with Gasteiger partial charge in [0.2, 0.25) is 0 Å². The molecule has 2 aromatic heterocycles. The van der Waals surface area contributed by atoms with Gasteiger partial charge in [-0.15, -0.1) is 0 Å². The lowest BCUT2D eigenvalue weighted by atomic mass is 10.1. The van der Waals surface area contributed by atoms with E-state index in [1.807, 2.05) is 28.8 Å². The van der Waals surface area contributed by atoms with E-state index < -0.39 is 11.6 Å². The van der Waals surface area contributed by atoms with Gasteiger partial charge in [-0.25, -0.2) is 9.97 Å². The van der Waals surface area contributed by atoms with Gasteiger partial charge < -0.3 is 20.1 Å². The number of nitrogens with zero attached hydrogens (tertiary/aromatic N) is 3. The molecule has 3 rings (SSSR count). The fourth-order valence-electron chi connectivity index (χ4n) is 2.74. The number of benzene rings is 1. The molecule has 0 aliphatic carbocycles. The molecule has 0 aliphatic rings.